The Labute approximate surface area is 158 Å². The molecule has 0 amide bonds. The van der Waals surface area contributed by atoms with Gasteiger partial charge in [-0.15, -0.1) is 0 Å². The highest BCUT2D eigenvalue weighted by Gasteiger charge is 2.15. The van der Waals surface area contributed by atoms with Crippen LogP contribution in [0.4, 0.5) is 0 Å². The van der Waals surface area contributed by atoms with Crippen LogP contribution in [0.25, 0.3) is 45.3 Å². The Morgan fingerprint density at radius 3 is 2.50 bits per heavy atom. The third-order valence-corrected chi connectivity index (χ3v) is 4.23. The maximum absolute atomic E-state index is 12.5. The Kier molecular flexibility index (Phi) is 3.72. The number of nitrogens with one attached hydrogen (secondary N) is 1. The third kappa shape index (κ3) is 2.82. The molecule has 0 unspecified atom stereocenters. The molecule has 134 valence electrons. The molecule has 28 heavy (non-hydrogen) atoms. The molecule has 0 spiro atoms. The molecule has 0 aliphatic heterocycles. The van der Waals surface area contributed by atoms with E-state index in [0.717, 1.165) is 16.6 Å². The molecule has 0 fully saturated rings. The molecular formula is C20H12N6O2. The van der Waals surface area contributed by atoms with Gasteiger partial charge in [-0.2, -0.15) is 4.98 Å². The highest BCUT2D eigenvalue weighted by atomic mass is 16.5. The number of benzene rings is 2. The Morgan fingerprint density at radius 1 is 0.857 bits per heavy atom. The lowest BCUT2D eigenvalue weighted by Gasteiger charge is -2.00. The molecule has 2 aromatic carbocycles. The lowest BCUT2D eigenvalue weighted by Crippen LogP contribution is -2.11. The summed E-state index contributed by atoms with van der Waals surface area (Å²) in [5.41, 5.74) is 2.88. The first-order valence-corrected chi connectivity index (χ1v) is 8.48. The van der Waals surface area contributed by atoms with Crippen molar-refractivity contribution in [3.05, 3.63) is 77.5 Å². The van der Waals surface area contributed by atoms with E-state index in [1.54, 1.807) is 12.4 Å². The van der Waals surface area contributed by atoms with Crippen molar-refractivity contribution >= 4 is 11.0 Å². The number of nitrogens with zero attached hydrogens (tertiary/aromatic N) is 5. The van der Waals surface area contributed by atoms with Crippen LogP contribution in [-0.4, -0.2) is 30.1 Å². The number of hydrogen-bond donors (Lipinski definition) is 1. The standard InChI is InChI=1S/C20H12N6O2/c27-19-14(11-23-17(24-19)12-4-2-1-3-5-12)20-25-18(26-28-20)13-6-7-15-16(10-13)22-9-8-21-15/h1-11H,(H,23,24,27). The minimum atomic E-state index is -0.353. The molecule has 0 atom stereocenters. The molecule has 0 aliphatic carbocycles. The molecule has 5 aromatic rings. The Balaban J connectivity index is 1.51. The summed E-state index contributed by atoms with van der Waals surface area (Å²) in [7, 11) is 0. The second-order valence-electron chi connectivity index (χ2n) is 6.02. The summed E-state index contributed by atoms with van der Waals surface area (Å²) < 4.78 is 5.29. The van der Waals surface area contributed by atoms with Crippen molar-refractivity contribution in [1.29, 1.82) is 0 Å². The number of H-pyrrole nitrogens is 1. The fraction of sp³-hybridized carbons (Fsp3) is 0. The van der Waals surface area contributed by atoms with E-state index >= 15 is 0 Å². The van der Waals surface area contributed by atoms with E-state index in [2.05, 4.69) is 30.1 Å². The maximum Gasteiger partial charge on any atom is 0.265 e. The van der Waals surface area contributed by atoms with Crippen LogP contribution in [0.15, 0.2) is 76.4 Å². The van der Waals surface area contributed by atoms with E-state index in [1.165, 1.54) is 6.20 Å². The summed E-state index contributed by atoms with van der Waals surface area (Å²) in [6.45, 7) is 0. The zero-order valence-electron chi connectivity index (χ0n) is 14.4. The van der Waals surface area contributed by atoms with Gasteiger partial charge in [0, 0.05) is 29.7 Å². The number of fused-ring (bicyclic) bond motifs is 1. The van der Waals surface area contributed by atoms with E-state index in [9.17, 15) is 4.79 Å². The monoisotopic (exact) mass is 368 g/mol. The van der Waals surface area contributed by atoms with Crippen LogP contribution in [-0.2, 0) is 0 Å². The summed E-state index contributed by atoms with van der Waals surface area (Å²) >= 11 is 0. The molecule has 0 aliphatic rings. The van der Waals surface area contributed by atoms with E-state index in [-0.39, 0.29) is 17.0 Å². The van der Waals surface area contributed by atoms with Crippen LogP contribution in [0.5, 0.6) is 0 Å². The van der Waals surface area contributed by atoms with Crippen molar-refractivity contribution < 1.29 is 4.52 Å². The van der Waals surface area contributed by atoms with Crippen LogP contribution < -0.4 is 5.56 Å². The zero-order chi connectivity index (χ0) is 18.9. The average Bonchev–Trinajstić information content (AvgIpc) is 3.24. The second-order valence-corrected chi connectivity index (χ2v) is 6.02. The number of aromatic nitrogens is 6. The number of rotatable bonds is 3. The molecule has 3 heterocycles. The quantitative estimate of drug-likeness (QED) is 0.521. The van der Waals surface area contributed by atoms with Crippen molar-refractivity contribution in [3.63, 3.8) is 0 Å². The van der Waals surface area contributed by atoms with Crippen molar-refractivity contribution in [3.8, 4) is 34.2 Å². The zero-order valence-corrected chi connectivity index (χ0v) is 14.4. The molecule has 3 aromatic heterocycles. The molecule has 0 saturated heterocycles. The van der Waals surface area contributed by atoms with Gasteiger partial charge < -0.3 is 9.51 Å². The highest BCUT2D eigenvalue weighted by Crippen LogP contribution is 2.23. The van der Waals surface area contributed by atoms with Crippen molar-refractivity contribution in [2.24, 2.45) is 0 Å². The second kappa shape index (κ2) is 6.51. The summed E-state index contributed by atoms with van der Waals surface area (Å²) in [5, 5.41) is 3.98. The van der Waals surface area contributed by atoms with Crippen molar-refractivity contribution in [2.75, 3.05) is 0 Å². The van der Waals surface area contributed by atoms with Crippen LogP contribution in [0, 0.1) is 0 Å². The average molecular weight is 368 g/mol. The molecule has 8 nitrogen and oxygen atoms in total. The molecule has 5 rings (SSSR count). The Morgan fingerprint density at radius 2 is 1.68 bits per heavy atom. The van der Waals surface area contributed by atoms with Crippen LogP contribution in [0.3, 0.4) is 0 Å². The number of aromatic amines is 1. The van der Waals surface area contributed by atoms with Gasteiger partial charge in [0.1, 0.15) is 11.4 Å². The molecule has 8 heteroatoms. The third-order valence-electron chi connectivity index (χ3n) is 4.23. The van der Waals surface area contributed by atoms with Crippen LogP contribution in [0.2, 0.25) is 0 Å². The predicted octanol–water partition coefficient (Wildman–Crippen LogP) is 3.10. The summed E-state index contributed by atoms with van der Waals surface area (Å²) in [6, 6.07) is 14.9. The summed E-state index contributed by atoms with van der Waals surface area (Å²) in [5.74, 6) is 0.930. The van der Waals surface area contributed by atoms with Crippen LogP contribution in [0.1, 0.15) is 0 Å². The first-order valence-electron chi connectivity index (χ1n) is 8.48. The molecule has 0 saturated carbocycles. The molecule has 0 radical (unpaired) electrons. The molecule has 1 N–H and O–H groups in total. The Hall–Kier alpha value is -4.20. The minimum Gasteiger partial charge on any atom is -0.333 e. The molecular weight excluding hydrogens is 356 g/mol. The topological polar surface area (TPSA) is 110 Å². The SMILES string of the molecule is O=c1[nH]c(-c2ccccc2)ncc1-c1nc(-c2ccc3nccnc3c2)no1. The minimum absolute atomic E-state index is 0.0996. The van der Waals surface area contributed by atoms with E-state index in [4.69, 9.17) is 4.52 Å². The lowest BCUT2D eigenvalue weighted by molar-refractivity contribution is 0.431. The van der Waals surface area contributed by atoms with Crippen LogP contribution >= 0.6 is 0 Å². The largest absolute Gasteiger partial charge is 0.333 e. The van der Waals surface area contributed by atoms with Crippen molar-refractivity contribution in [1.82, 2.24) is 30.1 Å². The first kappa shape index (κ1) is 16.0. The maximum atomic E-state index is 12.5. The van der Waals surface area contributed by atoms with Gasteiger partial charge >= 0.3 is 0 Å². The van der Waals surface area contributed by atoms with Gasteiger partial charge in [-0.05, 0) is 18.2 Å². The fourth-order valence-electron chi connectivity index (χ4n) is 2.84. The van der Waals surface area contributed by atoms with E-state index in [1.807, 2.05) is 48.5 Å². The van der Waals surface area contributed by atoms with Gasteiger partial charge in [0.2, 0.25) is 5.82 Å². The lowest BCUT2D eigenvalue weighted by atomic mass is 10.2. The van der Waals surface area contributed by atoms with Gasteiger partial charge in [0.15, 0.2) is 0 Å². The van der Waals surface area contributed by atoms with Gasteiger partial charge in [0.05, 0.1) is 11.0 Å². The van der Waals surface area contributed by atoms with E-state index in [0.29, 0.717) is 17.2 Å². The van der Waals surface area contributed by atoms with Gasteiger partial charge in [0.25, 0.3) is 11.4 Å². The smallest absolute Gasteiger partial charge is 0.265 e. The predicted molar refractivity (Wildman–Crippen MR) is 102 cm³/mol. The summed E-state index contributed by atoms with van der Waals surface area (Å²) in [4.78, 5) is 32.4. The van der Waals surface area contributed by atoms with Gasteiger partial charge in [-0.25, -0.2) is 4.98 Å². The molecule has 0 bridgehead atoms. The fourth-order valence-corrected chi connectivity index (χ4v) is 2.84. The van der Waals surface area contributed by atoms with Gasteiger partial charge in [-0.3, -0.25) is 14.8 Å². The first-order chi connectivity index (χ1) is 13.8. The number of hydrogen-bond acceptors (Lipinski definition) is 7. The summed E-state index contributed by atoms with van der Waals surface area (Å²) in [6.07, 6.45) is 4.68. The normalized spacial score (nSPS) is 11.0. The van der Waals surface area contributed by atoms with Crippen molar-refractivity contribution in [2.45, 2.75) is 0 Å². The highest BCUT2D eigenvalue weighted by molar-refractivity contribution is 5.79. The van der Waals surface area contributed by atoms with Gasteiger partial charge in [-0.1, -0.05) is 35.5 Å². The Bertz CT molecular complexity index is 1340. The van der Waals surface area contributed by atoms with E-state index < -0.39 is 0 Å².